The van der Waals surface area contributed by atoms with Crippen LogP contribution in [0, 0.1) is 0 Å². The van der Waals surface area contributed by atoms with E-state index in [1.807, 2.05) is 31.2 Å². The van der Waals surface area contributed by atoms with E-state index >= 15 is 0 Å². The van der Waals surface area contributed by atoms with Crippen LogP contribution in [-0.4, -0.2) is 33.5 Å². The first-order chi connectivity index (χ1) is 8.20. The second-order valence-corrected chi connectivity index (χ2v) is 3.85. The van der Waals surface area contributed by atoms with Crippen molar-refractivity contribution in [2.45, 2.75) is 19.1 Å². The highest BCUT2D eigenvalue weighted by atomic mass is 16.5. The van der Waals surface area contributed by atoms with Gasteiger partial charge in [-0.2, -0.15) is 0 Å². The SMILES string of the molecule is COCCOc1ccccc1C(N)C(C)OC. The molecule has 0 aliphatic carbocycles. The summed E-state index contributed by atoms with van der Waals surface area (Å²) in [5, 5.41) is 0. The van der Waals surface area contributed by atoms with Gasteiger partial charge in [0.25, 0.3) is 0 Å². The molecule has 0 saturated carbocycles. The molecule has 0 fully saturated rings. The molecule has 4 nitrogen and oxygen atoms in total. The molecule has 2 N–H and O–H groups in total. The zero-order valence-corrected chi connectivity index (χ0v) is 10.7. The van der Waals surface area contributed by atoms with Crippen molar-refractivity contribution < 1.29 is 14.2 Å². The Labute approximate surface area is 103 Å². The van der Waals surface area contributed by atoms with Crippen molar-refractivity contribution in [2.75, 3.05) is 27.4 Å². The molecule has 0 bridgehead atoms. The van der Waals surface area contributed by atoms with Gasteiger partial charge in [0.2, 0.25) is 0 Å². The maximum Gasteiger partial charge on any atom is 0.124 e. The molecule has 0 amide bonds. The first kappa shape index (κ1) is 14.0. The molecule has 0 saturated heterocycles. The molecule has 0 spiro atoms. The van der Waals surface area contributed by atoms with E-state index < -0.39 is 0 Å². The number of nitrogens with two attached hydrogens (primary N) is 1. The van der Waals surface area contributed by atoms with Crippen LogP contribution in [0.2, 0.25) is 0 Å². The zero-order chi connectivity index (χ0) is 12.7. The highest BCUT2D eigenvalue weighted by Gasteiger charge is 2.17. The molecule has 1 aromatic rings. The Morgan fingerprint density at radius 1 is 1.18 bits per heavy atom. The average Bonchev–Trinajstić information content (AvgIpc) is 2.38. The van der Waals surface area contributed by atoms with Gasteiger partial charge in [0.1, 0.15) is 12.4 Å². The van der Waals surface area contributed by atoms with Gasteiger partial charge in [0.05, 0.1) is 18.8 Å². The summed E-state index contributed by atoms with van der Waals surface area (Å²) >= 11 is 0. The second-order valence-electron chi connectivity index (χ2n) is 3.85. The van der Waals surface area contributed by atoms with E-state index in [9.17, 15) is 0 Å². The van der Waals surface area contributed by atoms with Crippen molar-refractivity contribution in [3.05, 3.63) is 29.8 Å². The van der Waals surface area contributed by atoms with Gasteiger partial charge in [-0.15, -0.1) is 0 Å². The van der Waals surface area contributed by atoms with Crippen LogP contribution in [-0.2, 0) is 9.47 Å². The van der Waals surface area contributed by atoms with Crippen LogP contribution < -0.4 is 10.5 Å². The average molecular weight is 239 g/mol. The standard InChI is InChI=1S/C13H21NO3/c1-10(16-3)13(14)11-6-4-5-7-12(11)17-9-8-15-2/h4-7,10,13H,8-9,14H2,1-3H3. The number of para-hydroxylation sites is 1. The quantitative estimate of drug-likeness (QED) is 0.736. The van der Waals surface area contributed by atoms with Crippen molar-refractivity contribution in [2.24, 2.45) is 5.73 Å². The summed E-state index contributed by atoms with van der Waals surface area (Å²) in [6.45, 7) is 3.02. The minimum atomic E-state index is -0.196. The lowest BCUT2D eigenvalue weighted by Gasteiger charge is -2.21. The van der Waals surface area contributed by atoms with Crippen LogP contribution >= 0.6 is 0 Å². The van der Waals surface area contributed by atoms with E-state index in [2.05, 4.69) is 0 Å². The third kappa shape index (κ3) is 4.00. The molecule has 4 heteroatoms. The van der Waals surface area contributed by atoms with E-state index in [1.54, 1.807) is 14.2 Å². The number of benzene rings is 1. The van der Waals surface area contributed by atoms with Crippen LogP contribution in [0.1, 0.15) is 18.5 Å². The molecule has 0 aliphatic rings. The Kier molecular flexibility index (Phi) is 5.97. The Morgan fingerprint density at radius 3 is 2.53 bits per heavy atom. The first-order valence-electron chi connectivity index (χ1n) is 5.69. The number of rotatable bonds is 7. The van der Waals surface area contributed by atoms with Gasteiger partial charge in [0, 0.05) is 19.8 Å². The normalized spacial score (nSPS) is 14.4. The van der Waals surface area contributed by atoms with Crippen molar-refractivity contribution in [1.82, 2.24) is 0 Å². The van der Waals surface area contributed by atoms with Gasteiger partial charge in [-0.25, -0.2) is 0 Å². The Morgan fingerprint density at radius 2 is 1.88 bits per heavy atom. The summed E-state index contributed by atoms with van der Waals surface area (Å²) in [5.41, 5.74) is 7.07. The lowest BCUT2D eigenvalue weighted by atomic mass is 10.0. The summed E-state index contributed by atoms with van der Waals surface area (Å²) in [4.78, 5) is 0. The molecule has 96 valence electrons. The lowest BCUT2D eigenvalue weighted by molar-refractivity contribution is 0.0936. The summed E-state index contributed by atoms with van der Waals surface area (Å²) in [6.07, 6.45) is -0.0535. The zero-order valence-electron chi connectivity index (χ0n) is 10.7. The monoisotopic (exact) mass is 239 g/mol. The Hall–Kier alpha value is -1.10. The molecular formula is C13H21NO3. The van der Waals surface area contributed by atoms with Crippen LogP contribution in [0.15, 0.2) is 24.3 Å². The molecule has 2 atom stereocenters. The molecule has 0 aromatic heterocycles. The predicted molar refractivity (Wildman–Crippen MR) is 67.2 cm³/mol. The third-order valence-corrected chi connectivity index (χ3v) is 2.70. The second kappa shape index (κ2) is 7.27. The van der Waals surface area contributed by atoms with Crippen LogP contribution in [0.5, 0.6) is 5.75 Å². The van der Waals surface area contributed by atoms with Crippen molar-refractivity contribution in [1.29, 1.82) is 0 Å². The number of methoxy groups -OCH3 is 2. The maximum atomic E-state index is 6.12. The fourth-order valence-corrected chi connectivity index (χ4v) is 1.52. The molecular weight excluding hydrogens is 218 g/mol. The van der Waals surface area contributed by atoms with Crippen LogP contribution in [0.25, 0.3) is 0 Å². The number of hydrogen-bond donors (Lipinski definition) is 1. The first-order valence-corrected chi connectivity index (χ1v) is 5.69. The maximum absolute atomic E-state index is 6.12. The number of ether oxygens (including phenoxy) is 3. The summed E-state index contributed by atoms with van der Waals surface area (Å²) < 4.78 is 15.8. The van der Waals surface area contributed by atoms with Gasteiger partial charge < -0.3 is 19.9 Å². The topological polar surface area (TPSA) is 53.7 Å². The summed E-state index contributed by atoms with van der Waals surface area (Å²) in [5.74, 6) is 0.793. The molecule has 0 aliphatic heterocycles. The van der Waals surface area contributed by atoms with E-state index in [-0.39, 0.29) is 12.1 Å². The minimum absolute atomic E-state index is 0.0535. The molecule has 2 unspecified atom stereocenters. The predicted octanol–water partition coefficient (Wildman–Crippen LogP) is 1.75. The molecule has 1 rings (SSSR count). The number of hydrogen-bond acceptors (Lipinski definition) is 4. The Balaban J connectivity index is 2.76. The molecule has 1 aromatic carbocycles. The molecule has 0 radical (unpaired) electrons. The van der Waals surface area contributed by atoms with Gasteiger partial charge >= 0.3 is 0 Å². The minimum Gasteiger partial charge on any atom is -0.491 e. The smallest absolute Gasteiger partial charge is 0.124 e. The highest BCUT2D eigenvalue weighted by Crippen LogP contribution is 2.26. The Bertz CT molecular complexity index is 330. The van der Waals surface area contributed by atoms with Crippen LogP contribution in [0.4, 0.5) is 0 Å². The van der Waals surface area contributed by atoms with E-state index in [4.69, 9.17) is 19.9 Å². The van der Waals surface area contributed by atoms with Gasteiger partial charge in [0.15, 0.2) is 0 Å². The third-order valence-electron chi connectivity index (χ3n) is 2.70. The van der Waals surface area contributed by atoms with E-state index in [0.717, 1.165) is 11.3 Å². The van der Waals surface area contributed by atoms with Gasteiger partial charge in [-0.3, -0.25) is 0 Å². The van der Waals surface area contributed by atoms with Crippen molar-refractivity contribution >= 4 is 0 Å². The van der Waals surface area contributed by atoms with Crippen molar-refractivity contribution in [3.63, 3.8) is 0 Å². The fourth-order valence-electron chi connectivity index (χ4n) is 1.52. The summed E-state index contributed by atoms with van der Waals surface area (Å²) in [6, 6.07) is 7.55. The molecule has 0 heterocycles. The van der Waals surface area contributed by atoms with Crippen molar-refractivity contribution in [3.8, 4) is 5.75 Å². The molecule has 17 heavy (non-hydrogen) atoms. The van der Waals surface area contributed by atoms with E-state index in [1.165, 1.54) is 0 Å². The highest BCUT2D eigenvalue weighted by molar-refractivity contribution is 5.36. The van der Waals surface area contributed by atoms with Gasteiger partial charge in [-0.1, -0.05) is 18.2 Å². The summed E-state index contributed by atoms with van der Waals surface area (Å²) in [7, 11) is 3.30. The fraction of sp³-hybridized carbons (Fsp3) is 0.538. The van der Waals surface area contributed by atoms with Gasteiger partial charge in [-0.05, 0) is 13.0 Å². The lowest BCUT2D eigenvalue weighted by Crippen LogP contribution is -2.25. The van der Waals surface area contributed by atoms with E-state index in [0.29, 0.717) is 13.2 Å². The largest absolute Gasteiger partial charge is 0.491 e. The van der Waals surface area contributed by atoms with Crippen LogP contribution in [0.3, 0.4) is 0 Å².